The minimum absolute atomic E-state index is 0.0794. The number of carbonyl (C=O) groups is 2. The van der Waals surface area contributed by atoms with Crippen LogP contribution in [0.15, 0.2) is 45.9 Å². The quantitative estimate of drug-likeness (QED) is 0.255. The molecular formula is C28H32N4O7. The Labute approximate surface area is 226 Å². The lowest BCUT2D eigenvalue weighted by Gasteiger charge is -2.14. The van der Waals surface area contributed by atoms with E-state index in [0.717, 1.165) is 23.4 Å². The maximum atomic E-state index is 12.9. The molecule has 11 nitrogen and oxygen atoms in total. The highest BCUT2D eigenvalue weighted by atomic mass is 16.5. The first-order chi connectivity index (χ1) is 18.6. The van der Waals surface area contributed by atoms with E-state index in [2.05, 4.69) is 15.3 Å². The number of rotatable bonds is 9. The van der Waals surface area contributed by atoms with Crippen molar-refractivity contribution in [3.63, 3.8) is 0 Å². The van der Waals surface area contributed by atoms with E-state index in [1.54, 1.807) is 38.4 Å². The number of nitrogens with zero attached hydrogens (tertiary/aromatic N) is 3. The Morgan fingerprint density at radius 2 is 2.00 bits per heavy atom. The Morgan fingerprint density at radius 1 is 1.26 bits per heavy atom. The van der Waals surface area contributed by atoms with Crippen LogP contribution in [0, 0.1) is 6.92 Å². The Hall–Kier alpha value is -4.64. The number of pyridine rings is 1. The molecule has 11 heteroatoms. The zero-order chi connectivity index (χ0) is 28.5. The number of benzene rings is 1. The highest BCUT2D eigenvalue weighted by molar-refractivity contribution is 6.21. The summed E-state index contributed by atoms with van der Waals surface area (Å²) in [4.78, 5) is 31.8. The summed E-state index contributed by atoms with van der Waals surface area (Å²) >= 11 is 0. The lowest BCUT2D eigenvalue weighted by Crippen LogP contribution is -2.19. The lowest BCUT2D eigenvalue weighted by molar-refractivity contribution is -0.122. The van der Waals surface area contributed by atoms with E-state index in [0.29, 0.717) is 23.7 Å². The number of hydrogen-bond donors (Lipinski definition) is 3. The van der Waals surface area contributed by atoms with Crippen LogP contribution >= 0.6 is 0 Å². The first kappa shape index (κ1) is 28.9. The van der Waals surface area contributed by atoms with Gasteiger partial charge in [0.05, 0.1) is 6.10 Å². The fraction of sp³-hybridized carbons (Fsp3) is 0.286. The van der Waals surface area contributed by atoms with Gasteiger partial charge in [-0.25, -0.2) is 14.8 Å². The third-order valence-electron chi connectivity index (χ3n) is 5.42. The van der Waals surface area contributed by atoms with Crippen LogP contribution in [0.2, 0.25) is 0 Å². The van der Waals surface area contributed by atoms with Crippen LogP contribution in [0.25, 0.3) is 11.6 Å². The fourth-order valence-electron chi connectivity index (χ4n) is 3.60. The van der Waals surface area contributed by atoms with E-state index in [-0.39, 0.29) is 35.5 Å². The molecule has 0 saturated carbocycles. The third kappa shape index (κ3) is 7.45. The SMILES string of the molecule is Cc1cc(OCCN(C)C)ccc1Nc1oc(C=C2C=Nc3ncccc32)c(O)c1C(=O)OC(C)C.O=CO. The van der Waals surface area contributed by atoms with Gasteiger partial charge in [0.1, 0.15) is 12.4 Å². The van der Waals surface area contributed by atoms with Gasteiger partial charge < -0.3 is 34.3 Å². The van der Waals surface area contributed by atoms with Gasteiger partial charge in [-0.2, -0.15) is 0 Å². The molecule has 4 rings (SSSR count). The van der Waals surface area contributed by atoms with Crippen molar-refractivity contribution in [1.82, 2.24) is 9.88 Å². The van der Waals surface area contributed by atoms with Crippen molar-refractivity contribution in [3.8, 4) is 11.5 Å². The third-order valence-corrected chi connectivity index (χ3v) is 5.42. The van der Waals surface area contributed by atoms with Gasteiger partial charge in [0.25, 0.3) is 6.47 Å². The van der Waals surface area contributed by atoms with Crippen LogP contribution in [0.1, 0.15) is 41.1 Å². The average molecular weight is 537 g/mol. The predicted octanol–water partition coefficient (Wildman–Crippen LogP) is 4.90. The van der Waals surface area contributed by atoms with Gasteiger partial charge in [-0.05, 0) is 76.8 Å². The molecule has 0 radical (unpaired) electrons. The summed E-state index contributed by atoms with van der Waals surface area (Å²) in [5.41, 5.74) is 2.99. The second kappa shape index (κ2) is 13.2. The standard InChI is InChI=1S/C27H30N4O5.CH2O2/c1-16(2)35-27(33)23-24(32)22(14-18-15-29-25-20(18)7-6-10-28-25)36-26(23)30-21-9-8-19(13-17(21)3)34-12-11-31(4)5;2-1-3/h6-10,13-16,30,32H,11-12H2,1-5H3;1H,(H,2,3). The van der Waals surface area contributed by atoms with Gasteiger partial charge in [0, 0.05) is 35.8 Å². The zero-order valence-corrected chi connectivity index (χ0v) is 22.5. The number of aromatic nitrogens is 1. The number of carbonyl (C=O) groups excluding carboxylic acids is 1. The van der Waals surface area contributed by atoms with Gasteiger partial charge in [-0.1, -0.05) is 0 Å². The van der Waals surface area contributed by atoms with Crippen LogP contribution in [-0.2, 0) is 9.53 Å². The molecule has 3 aromatic rings. The molecule has 0 unspecified atom stereocenters. The van der Waals surface area contributed by atoms with Crippen LogP contribution in [0.4, 0.5) is 17.4 Å². The fourth-order valence-corrected chi connectivity index (χ4v) is 3.60. The summed E-state index contributed by atoms with van der Waals surface area (Å²) in [7, 11) is 3.98. The normalized spacial score (nSPS) is 12.7. The van der Waals surface area contributed by atoms with E-state index >= 15 is 0 Å². The Balaban J connectivity index is 0.00000134. The minimum Gasteiger partial charge on any atom is -0.504 e. The first-order valence-electron chi connectivity index (χ1n) is 12.2. The van der Waals surface area contributed by atoms with Gasteiger partial charge >= 0.3 is 5.97 Å². The molecule has 206 valence electrons. The maximum Gasteiger partial charge on any atom is 0.347 e. The Morgan fingerprint density at radius 3 is 2.67 bits per heavy atom. The van der Waals surface area contributed by atoms with Gasteiger partial charge in [0.15, 0.2) is 22.9 Å². The average Bonchev–Trinajstić information content (AvgIpc) is 3.41. The number of nitrogens with one attached hydrogen (secondary N) is 1. The molecule has 0 saturated heterocycles. The second-order valence-corrected chi connectivity index (χ2v) is 9.06. The van der Waals surface area contributed by atoms with Gasteiger partial charge in [-0.3, -0.25) is 4.79 Å². The van der Waals surface area contributed by atoms with E-state index < -0.39 is 5.97 Å². The van der Waals surface area contributed by atoms with E-state index in [4.69, 9.17) is 23.8 Å². The molecule has 39 heavy (non-hydrogen) atoms. The number of carboxylic acid groups (broad SMARTS) is 1. The molecule has 0 atom stereocenters. The number of likely N-dealkylation sites (N-methyl/N-ethyl adjacent to an activating group) is 1. The molecule has 0 bridgehead atoms. The van der Waals surface area contributed by atoms with Crippen molar-refractivity contribution >= 4 is 47.7 Å². The Bertz CT molecular complexity index is 1380. The molecule has 0 amide bonds. The molecule has 0 spiro atoms. The highest BCUT2D eigenvalue weighted by Gasteiger charge is 2.28. The largest absolute Gasteiger partial charge is 0.504 e. The number of anilines is 2. The van der Waals surface area contributed by atoms with E-state index in [1.807, 2.05) is 50.2 Å². The lowest BCUT2D eigenvalue weighted by atomic mass is 10.1. The number of aliphatic imine (C=N–C) groups is 1. The summed E-state index contributed by atoms with van der Waals surface area (Å²) in [6, 6.07) is 9.25. The van der Waals surface area contributed by atoms with Crippen molar-refractivity contribution in [1.29, 1.82) is 0 Å². The minimum atomic E-state index is -0.693. The Kier molecular flexibility index (Phi) is 9.82. The summed E-state index contributed by atoms with van der Waals surface area (Å²) in [6.45, 7) is 6.51. The van der Waals surface area contributed by atoms with Gasteiger partial charge in [0.2, 0.25) is 5.88 Å². The van der Waals surface area contributed by atoms with Crippen LogP contribution in [0.3, 0.4) is 0 Å². The number of aryl methyl sites for hydroxylation is 1. The van der Waals surface area contributed by atoms with Gasteiger partial charge in [-0.15, -0.1) is 0 Å². The van der Waals surface area contributed by atoms with Crippen molar-refractivity contribution in [2.75, 3.05) is 32.6 Å². The van der Waals surface area contributed by atoms with Crippen LogP contribution in [-0.4, -0.2) is 72.1 Å². The van der Waals surface area contributed by atoms with E-state index in [1.165, 1.54) is 0 Å². The van der Waals surface area contributed by atoms with Crippen LogP contribution in [0.5, 0.6) is 11.5 Å². The monoisotopic (exact) mass is 536 g/mol. The molecule has 1 aromatic carbocycles. The number of esters is 1. The summed E-state index contributed by atoms with van der Waals surface area (Å²) in [5.74, 6) is 0.490. The number of fused-ring (bicyclic) bond motifs is 1. The molecule has 3 heterocycles. The smallest absolute Gasteiger partial charge is 0.347 e. The van der Waals surface area contributed by atoms with Crippen molar-refractivity contribution in [2.24, 2.45) is 4.99 Å². The molecular weight excluding hydrogens is 504 g/mol. The van der Waals surface area contributed by atoms with E-state index in [9.17, 15) is 9.90 Å². The molecule has 0 fully saturated rings. The van der Waals surface area contributed by atoms with Crippen molar-refractivity contribution < 1.29 is 33.7 Å². The summed E-state index contributed by atoms with van der Waals surface area (Å²) < 4.78 is 17.1. The number of furan rings is 1. The number of aromatic hydroxyl groups is 1. The molecule has 1 aliphatic heterocycles. The number of hydrogen-bond acceptors (Lipinski definition) is 10. The molecule has 0 aliphatic carbocycles. The first-order valence-corrected chi connectivity index (χ1v) is 12.2. The number of allylic oxidation sites excluding steroid dienone is 1. The summed E-state index contributed by atoms with van der Waals surface area (Å²) in [6.07, 6.45) is 4.55. The summed E-state index contributed by atoms with van der Waals surface area (Å²) in [5, 5.41) is 21.0. The molecule has 2 aromatic heterocycles. The van der Waals surface area contributed by atoms with Crippen molar-refractivity contribution in [3.05, 3.63) is 59.0 Å². The molecule has 1 aliphatic rings. The zero-order valence-electron chi connectivity index (χ0n) is 22.5. The maximum absolute atomic E-state index is 12.9. The number of ether oxygens (including phenoxy) is 2. The topological polar surface area (TPSA) is 147 Å². The van der Waals surface area contributed by atoms with Crippen LogP contribution < -0.4 is 10.1 Å². The molecule has 3 N–H and O–H groups in total. The predicted molar refractivity (Wildman–Crippen MR) is 148 cm³/mol. The highest BCUT2D eigenvalue weighted by Crippen LogP contribution is 2.40. The van der Waals surface area contributed by atoms with Crippen molar-refractivity contribution in [2.45, 2.75) is 26.9 Å². The second-order valence-electron chi connectivity index (χ2n) is 9.06.